The van der Waals surface area contributed by atoms with Gasteiger partial charge < -0.3 is 135 Å². The molecule has 0 bridgehead atoms. The van der Waals surface area contributed by atoms with Gasteiger partial charge in [0.1, 0.15) is 38.8 Å². The summed E-state index contributed by atoms with van der Waals surface area (Å²) in [5.41, 5.74) is 22.6. The molecule has 0 radical (unpaired) electrons. The molecule has 2 aromatic heterocycles. The Kier molecular flexibility index (Phi) is 79.0. The van der Waals surface area contributed by atoms with Gasteiger partial charge in [0.25, 0.3) is 12.5 Å². The Morgan fingerprint density at radius 1 is 0.557 bits per heavy atom. The van der Waals surface area contributed by atoms with Gasteiger partial charge in [-0.05, 0) is 91.2 Å². The summed E-state index contributed by atoms with van der Waals surface area (Å²) in [7, 11) is -0.958. The van der Waals surface area contributed by atoms with Gasteiger partial charge in [-0.1, -0.05) is 85.7 Å². The lowest BCUT2D eigenvalue weighted by molar-refractivity contribution is -0.171. The number of aliphatic hydroxyl groups is 2. The van der Waals surface area contributed by atoms with Crippen LogP contribution in [0.15, 0.2) is 39.3 Å². The third kappa shape index (κ3) is 61.5. The van der Waals surface area contributed by atoms with Crippen LogP contribution in [0.4, 0.5) is 4.79 Å². The third-order valence-corrected chi connectivity index (χ3v) is 18.6. The number of carboxylic acid groups (broad SMARTS) is 1. The number of aliphatic hydroxyl groups excluding tert-OH is 2. The summed E-state index contributed by atoms with van der Waals surface area (Å²) >= 11 is 5.51. The Balaban J connectivity index is 0.00000180. The summed E-state index contributed by atoms with van der Waals surface area (Å²) in [5.74, 6) is -1.15. The number of benzene rings is 1. The zero-order chi connectivity index (χ0) is 97.3. The van der Waals surface area contributed by atoms with Crippen LogP contribution in [0.5, 0.6) is 5.75 Å². The fraction of sp³-hybridized carbons (Fsp3) is 0.767. The standard InChI is InChI=1S/C29H55N3O12.C24H22BClN2O7.C23H43N3O12.C5H13NO.C3H9BO.C2H6/c1-26(2)27(23-33)22-29(35)25-44-24-28(34)4-3-6-36-8-10-38-12-14-40-16-18-42-20-21-43-19-17-41-15-13-39-11-9-37-7-5-31-32-30;1-4-13-14-8-12(35-25(3)32)6-7-18(14)27-20-15(13)10-28-19(20)9-17-16(21(28)29)11-33-22(30)24(17,5-2)34-23(26)31;24-26-25-3-5-31-7-9-33-11-13-35-15-17-37-19-18-36-16-14-34-12-10-32-8-6-30-4-1-2-22(27)20-38-21-23(28)29;1-4(2)5(6)3-7;1-3-4(2)5;1-2/h26-27,33H,3-25H2,1-2H3;6-9,32H,4-5,10-11H2,1-3H3;1-21H2,(H,28,29);4-5,7H,3,6H2,1-2H3;5H,3H2,1-2H3;1-2H3. The van der Waals surface area contributed by atoms with E-state index in [0.29, 0.717) is 285 Å². The Hall–Kier alpha value is -7.08. The predicted molar refractivity (Wildman–Crippen MR) is 488 cm³/mol. The molecule has 2 aliphatic heterocycles. The van der Waals surface area contributed by atoms with Crippen molar-refractivity contribution < 1.29 is 154 Å². The van der Waals surface area contributed by atoms with Crippen LogP contribution in [0.25, 0.3) is 43.2 Å². The van der Waals surface area contributed by atoms with E-state index < -0.39 is 36.7 Å². The lowest BCUT2D eigenvalue weighted by Crippen LogP contribution is -2.46. The highest BCUT2D eigenvalue weighted by molar-refractivity contribution is 6.61. The number of Topliss-reactive ketones (excluding diaryl/α,β-unsaturated/α-hetero) is 3. The van der Waals surface area contributed by atoms with Crippen LogP contribution in [0.2, 0.25) is 20.0 Å². The molecule has 4 heterocycles. The molecule has 0 saturated carbocycles. The Labute approximate surface area is 775 Å². The molecule has 42 nitrogen and oxygen atoms in total. The van der Waals surface area contributed by atoms with Crippen molar-refractivity contribution in [3.63, 3.8) is 0 Å². The molecule has 748 valence electrons. The summed E-state index contributed by atoms with van der Waals surface area (Å²) in [6.45, 7) is 35.2. The van der Waals surface area contributed by atoms with Gasteiger partial charge in [-0.25, -0.2) is 19.4 Å². The Morgan fingerprint density at radius 2 is 0.939 bits per heavy atom. The second-order valence-corrected chi connectivity index (χ2v) is 29.5. The highest BCUT2D eigenvalue weighted by Crippen LogP contribution is 2.43. The second kappa shape index (κ2) is 83.5. The number of pyridine rings is 2. The van der Waals surface area contributed by atoms with Gasteiger partial charge in [-0.15, -0.1) is 0 Å². The minimum absolute atomic E-state index is 0.0329. The number of rotatable bonds is 76. The van der Waals surface area contributed by atoms with Crippen molar-refractivity contribution in [1.29, 1.82) is 0 Å². The number of azide groups is 2. The number of cyclic esters (lactones) is 1. The molecule has 0 amide bonds. The largest absolute Gasteiger partial charge is 0.536 e. The average molecular weight is 1890 g/mol. The molecular formula is C86H148B2ClN9O33. The van der Waals surface area contributed by atoms with Gasteiger partial charge in [-0.2, -0.15) is 0 Å². The summed E-state index contributed by atoms with van der Waals surface area (Å²) in [5, 5.41) is 51.6. The predicted octanol–water partition coefficient (Wildman–Crippen LogP) is 8.02. The highest BCUT2D eigenvalue weighted by atomic mass is 35.5. The summed E-state index contributed by atoms with van der Waals surface area (Å²) in [4.78, 5) is 93.6. The molecule has 7 N–H and O–H groups in total. The maximum atomic E-state index is 13.6. The number of carbonyl (C=O) groups is 6. The molecule has 45 heteroatoms. The van der Waals surface area contributed by atoms with Crippen molar-refractivity contribution in [3.8, 4) is 17.1 Å². The third-order valence-electron chi connectivity index (χ3n) is 18.5. The first-order chi connectivity index (χ1) is 63.3. The molecule has 3 atom stereocenters. The second-order valence-electron chi connectivity index (χ2n) is 29.2. The minimum Gasteiger partial charge on any atom is -0.536 e. The molecule has 0 aliphatic carbocycles. The Morgan fingerprint density at radius 3 is 1.26 bits per heavy atom. The van der Waals surface area contributed by atoms with Gasteiger partial charge in [0.05, 0.1) is 234 Å². The quantitative estimate of drug-likeness (QED) is 0.00463. The van der Waals surface area contributed by atoms with Crippen LogP contribution in [0.1, 0.15) is 123 Å². The maximum Gasteiger partial charge on any atom is 0.519 e. The number of carboxylic acids is 1. The van der Waals surface area contributed by atoms with E-state index in [0.717, 1.165) is 22.8 Å². The van der Waals surface area contributed by atoms with Gasteiger partial charge in [-0.3, -0.25) is 19.2 Å². The van der Waals surface area contributed by atoms with E-state index in [2.05, 4.69) is 20.1 Å². The molecule has 1 aromatic carbocycles. The SMILES string of the molecule is CC.CC(C)C(CO)CC(=O)COCC(=O)CCCOCCOCCOCCOCCOCCOCCOCCOCCN=[N+]=[N-].CC(C)C(N)CO.CCB(C)O.CCc1c2c(nc3ccc(OB(C)O)cc13)-c1cc3c(c(=O)n1C2)COC(=O)C3(CC)OC(=O)Cl.[N-]=[N+]=NCCOCCOCCOCCOCCOCCOCCOCCOCCCC(=O)COCC(=O)O. The number of ether oxygens (including phenoxy) is 20. The molecule has 0 fully saturated rings. The van der Waals surface area contributed by atoms with E-state index >= 15 is 0 Å². The zero-order valence-electron chi connectivity index (χ0n) is 78.8. The number of hydrogen-bond acceptors (Lipinski definition) is 36. The number of halogens is 1. The summed E-state index contributed by atoms with van der Waals surface area (Å²) in [6, 6.07) is 7.00. The van der Waals surface area contributed by atoms with E-state index in [4.69, 9.17) is 148 Å². The molecule has 5 rings (SSSR count). The van der Waals surface area contributed by atoms with Crippen molar-refractivity contribution in [2.45, 2.75) is 152 Å². The number of aliphatic carboxylic acids is 1. The highest BCUT2D eigenvalue weighted by Gasteiger charge is 2.50. The summed E-state index contributed by atoms with van der Waals surface area (Å²) < 4.78 is 114. The van der Waals surface area contributed by atoms with Gasteiger partial charge in [0.2, 0.25) is 5.60 Å². The smallest absolute Gasteiger partial charge is 0.519 e. The number of ketones is 3. The van der Waals surface area contributed by atoms with E-state index in [1.165, 1.54) is 6.82 Å². The molecule has 2 aliphatic rings. The Bertz CT molecular complexity index is 3650. The first-order valence-corrected chi connectivity index (χ1v) is 45.2. The van der Waals surface area contributed by atoms with Gasteiger partial charge in [0, 0.05) is 96.2 Å². The van der Waals surface area contributed by atoms with Crippen molar-refractivity contribution >= 4 is 71.3 Å². The van der Waals surface area contributed by atoms with Crippen LogP contribution in [0, 0.1) is 17.8 Å². The normalized spacial score (nSPS) is 13.1. The number of nitrogens with zero attached hydrogens (tertiary/aromatic N) is 8. The van der Waals surface area contributed by atoms with E-state index in [1.807, 2.05) is 61.5 Å². The molecule has 131 heavy (non-hydrogen) atoms. The van der Waals surface area contributed by atoms with Crippen LogP contribution >= 0.6 is 11.6 Å². The zero-order valence-corrected chi connectivity index (χ0v) is 79.6. The van der Waals surface area contributed by atoms with Crippen LogP contribution < -0.4 is 15.9 Å². The number of fused-ring (bicyclic) bond motifs is 5. The molecule has 3 aromatic rings. The maximum absolute atomic E-state index is 13.6. The summed E-state index contributed by atoms with van der Waals surface area (Å²) in [6.07, 6.45) is 3.58. The first-order valence-electron chi connectivity index (χ1n) is 44.8. The molecule has 0 spiro atoms. The van der Waals surface area contributed by atoms with Gasteiger partial charge >= 0.3 is 24.5 Å². The minimum atomic E-state index is -1.80. The van der Waals surface area contributed by atoms with E-state index in [1.54, 1.807) is 36.5 Å². The molecule has 3 unspecified atom stereocenters. The van der Waals surface area contributed by atoms with E-state index in [9.17, 15) is 43.7 Å². The fourth-order valence-electron chi connectivity index (χ4n) is 11.2. The fourth-order valence-corrected chi connectivity index (χ4v) is 11.3. The number of esters is 1. The topological polar surface area (TPSA) is 556 Å². The molecular weight excluding hydrogens is 1740 g/mol. The van der Waals surface area contributed by atoms with Crippen molar-refractivity contribution in [1.82, 2.24) is 9.55 Å². The first kappa shape index (κ1) is 124. The lowest BCUT2D eigenvalue weighted by atomic mass is 9.69. The number of carbonyl (C=O) groups excluding carboxylic acids is 5. The van der Waals surface area contributed by atoms with Crippen LogP contribution in [-0.4, -0.2) is 354 Å². The van der Waals surface area contributed by atoms with Gasteiger partial charge in [0.15, 0.2) is 17.3 Å². The molecule has 0 saturated heterocycles. The number of aryl methyl sites for hydroxylation is 1. The van der Waals surface area contributed by atoms with Crippen molar-refractivity contribution in [2.24, 2.45) is 33.7 Å². The number of hydrogen-bond donors (Lipinski definition) is 6. The average Bonchev–Trinajstić information content (AvgIpc) is 1.62. The van der Waals surface area contributed by atoms with Crippen molar-refractivity contribution in [3.05, 3.63) is 77.8 Å². The van der Waals surface area contributed by atoms with Crippen molar-refractivity contribution in [2.75, 3.05) is 264 Å². The monoisotopic (exact) mass is 1890 g/mol. The number of aromatic nitrogens is 2. The number of nitrogens with two attached hydrogens (primary N) is 1. The van der Waals surface area contributed by atoms with Crippen LogP contribution in [0.3, 0.4) is 0 Å². The van der Waals surface area contributed by atoms with E-state index in [-0.39, 0.29) is 118 Å². The lowest BCUT2D eigenvalue weighted by Gasteiger charge is -2.34. The van der Waals surface area contributed by atoms with Crippen LogP contribution in [-0.2, 0) is 144 Å².